The third kappa shape index (κ3) is 3.96. The van der Waals surface area contributed by atoms with Crippen LogP contribution < -0.4 is 14.8 Å². The molecule has 0 aliphatic carbocycles. The van der Waals surface area contributed by atoms with Crippen LogP contribution in [0.4, 0.5) is 0 Å². The van der Waals surface area contributed by atoms with Crippen LogP contribution in [0.1, 0.15) is 19.4 Å². The topological polar surface area (TPSA) is 43.4 Å². The van der Waals surface area contributed by atoms with E-state index in [2.05, 4.69) is 24.1 Å². The van der Waals surface area contributed by atoms with Crippen molar-refractivity contribution in [2.45, 2.75) is 26.4 Å². The average molecular weight is 272 g/mol. The first-order chi connectivity index (χ1) is 9.69. The highest BCUT2D eigenvalue weighted by Crippen LogP contribution is 2.26. The van der Waals surface area contributed by atoms with E-state index >= 15 is 0 Å². The van der Waals surface area contributed by atoms with Gasteiger partial charge >= 0.3 is 0 Å². The van der Waals surface area contributed by atoms with Gasteiger partial charge in [-0.3, -0.25) is 4.98 Å². The van der Waals surface area contributed by atoms with Crippen molar-refractivity contribution >= 4 is 0 Å². The summed E-state index contributed by atoms with van der Waals surface area (Å²) in [5.41, 5.74) is 1.04. The van der Waals surface area contributed by atoms with Crippen LogP contribution in [0.2, 0.25) is 0 Å². The maximum atomic E-state index is 5.91. The van der Waals surface area contributed by atoms with Crippen LogP contribution in [-0.4, -0.2) is 18.1 Å². The second-order valence-corrected chi connectivity index (χ2v) is 4.80. The molecule has 0 saturated heterocycles. The molecule has 0 aliphatic rings. The summed E-state index contributed by atoms with van der Waals surface area (Å²) in [5, 5.41) is 3.37. The molecule has 0 bridgehead atoms. The maximum Gasteiger partial charge on any atom is 0.134 e. The minimum atomic E-state index is 0.420. The predicted octanol–water partition coefficient (Wildman–Crippen LogP) is 3.38. The smallest absolute Gasteiger partial charge is 0.134 e. The molecule has 20 heavy (non-hydrogen) atoms. The van der Waals surface area contributed by atoms with Gasteiger partial charge in [-0.05, 0) is 30.3 Å². The van der Waals surface area contributed by atoms with Crippen molar-refractivity contribution in [3.8, 4) is 17.2 Å². The molecule has 0 spiro atoms. The third-order valence-electron chi connectivity index (χ3n) is 2.85. The number of aromatic nitrogens is 1. The highest BCUT2D eigenvalue weighted by Gasteiger charge is 2.06. The Balaban J connectivity index is 2.11. The first-order valence-corrected chi connectivity index (χ1v) is 6.67. The number of methoxy groups -OCH3 is 1. The lowest BCUT2D eigenvalue weighted by molar-refractivity contribution is 0.412. The van der Waals surface area contributed by atoms with E-state index in [-0.39, 0.29) is 0 Å². The van der Waals surface area contributed by atoms with Gasteiger partial charge in [-0.15, -0.1) is 0 Å². The van der Waals surface area contributed by atoms with E-state index in [1.165, 1.54) is 0 Å². The number of hydrogen-bond acceptors (Lipinski definition) is 4. The Kier molecular flexibility index (Phi) is 4.96. The molecule has 2 aromatic rings. The lowest BCUT2D eigenvalue weighted by atomic mass is 10.2. The van der Waals surface area contributed by atoms with Gasteiger partial charge in [-0.1, -0.05) is 13.8 Å². The molecule has 1 aromatic heterocycles. The molecule has 0 aliphatic heterocycles. The van der Waals surface area contributed by atoms with Crippen molar-refractivity contribution in [3.05, 3.63) is 48.3 Å². The summed E-state index contributed by atoms with van der Waals surface area (Å²) in [6.07, 6.45) is 3.56. The molecule has 2 rings (SSSR count). The van der Waals surface area contributed by atoms with Crippen molar-refractivity contribution in [2.75, 3.05) is 7.11 Å². The highest BCUT2D eigenvalue weighted by atomic mass is 16.5. The SMILES string of the molecule is COc1ccc(Oc2ccncc2CNC(C)C)cc1. The molecule has 1 N–H and O–H groups in total. The largest absolute Gasteiger partial charge is 0.497 e. The van der Waals surface area contributed by atoms with Crippen molar-refractivity contribution in [2.24, 2.45) is 0 Å². The van der Waals surface area contributed by atoms with Crippen LogP contribution in [0.3, 0.4) is 0 Å². The molecule has 1 aromatic carbocycles. The zero-order valence-electron chi connectivity index (χ0n) is 12.1. The normalized spacial score (nSPS) is 10.6. The van der Waals surface area contributed by atoms with Crippen LogP contribution >= 0.6 is 0 Å². The van der Waals surface area contributed by atoms with E-state index in [9.17, 15) is 0 Å². The van der Waals surface area contributed by atoms with Gasteiger partial charge in [0.2, 0.25) is 0 Å². The lowest BCUT2D eigenvalue weighted by Crippen LogP contribution is -2.22. The minimum absolute atomic E-state index is 0.420. The Bertz CT molecular complexity index is 538. The number of benzene rings is 1. The minimum Gasteiger partial charge on any atom is -0.497 e. The Morgan fingerprint density at radius 2 is 1.80 bits per heavy atom. The summed E-state index contributed by atoms with van der Waals surface area (Å²) >= 11 is 0. The predicted molar refractivity (Wildman–Crippen MR) is 79.3 cm³/mol. The van der Waals surface area contributed by atoms with Crippen LogP contribution in [-0.2, 0) is 6.54 Å². The summed E-state index contributed by atoms with van der Waals surface area (Å²) in [6.45, 7) is 4.96. The van der Waals surface area contributed by atoms with E-state index in [4.69, 9.17) is 9.47 Å². The van der Waals surface area contributed by atoms with Crippen molar-refractivity contribution in [1.82, 2.24) is 10.3 Å². The van der Waals surface area contributed by atoms with E-state index in [1.54, 1.807) is 13.3 Å². The van der Waals surface area contributed by atoms with E-state index < -0.39 is 0 Å². The second-order valence-electron chi connectivity index (χ2n) is 4.80. The number of nitrogens with zero attached hydrogens (tertiary/aromatic N) is 1. The van der Waals surface area contributed by atoms with Crippen LogP contribution in [0, 0.1) is 0 Å². The van der Waals surface area contributed by atoms with Gasteiger partial charge in [-0.2, -0.15) is 0 Å². The highest BCUT2D eigenvalue weighted by molar-refractivity contribution is 5.38. The molecule has 1 heterocycles. The zero-order valence-corrected chi connectivity index (χ0v) is 12.1. The molecule has 4 heteroatoms. The van der Waals surface area contributed by atoms with E-state index in [0.717, 1.165) is 29.4 Å². The summed E-state index contributed by atoms with van der Waals surface area (Å²) in [4.78, 5) is 4.15. The Labute approximate surface area is 119 Å². The summed E-state index contributed by atoms with van der Waals surface area (Å²) in [6, 6.07) is 9.83. The van der Waals surface area contributed by atoms with Gasteiger partial charge in [0.1, 0.15) is 17.2 Å². The quantitative estimate of drug-likeness (QED) is 0.875. The maximum absolute atomic E-state index is 5.91. The molecule has 106 valence electrons. The molecule has 0 unspecified atom stereocenters. The van der Waals surface area contributed by atoms with Gasteiger partial charge in [0.25, 0.3) is 0 Å². The zero-order chi connectivity index (χ0) is 14.4. The van der Waals surface area contributed by atoms with Gasteiger partial charge in [0, 0.05) is 30.5 Å². The van der Waals surface area contributed by atoms with Gasteiger partial charge < -0.3 is 14.8 Å². The first-order valence-electron chi connectivity index (χ1n) is 6.67. The molecule has 4 nitrogen and oxygen atoms in total. The fraction of sp³-hybridized carbons (Fsp3) is 0.312. The van der Waals surface area contributed by atoms with Gasteiger partial charge in [-0.25, -0.2) is 0 Å². The number of nitrogens with one attached hydrogen (secondary N) is 1. The Morgan fingerprint density at radius 1 is 1.10 bits per heavy atom. The fourth-order valence-electron chi connectivity index (χ4n) is 1.73. The van der Waals surface area contributed by atoms with Gasteiger partial charge in [0.05, 0.1) is 7.11 Å². The molecular formula is C16H20N2O2. The van der Waals surface area contributed by atoms with Crippen molar-refractivity contribution in [1.29, 1.82) is 0 Å². The lowest BCUT2D eigenvalue weighted by Gasteiger charge is -2.13. The van der Waals surface area contributed by atoms with Crippen LogP contribution in [0.5, 0.6) is 17.2 Å². The van der Waals surface area contributed by atoms with E-state index in [0.29, 0.717) is 6.04 Å². The molecule has 0 atom stereocenters. The monoisotopic (exact) mass is 272 g/mol. The molecule has 0 radical (unpaired) electrons. The molecular weight excluding hydrogens is 252 g/mol. The number of ether oxygens (including phenoxy) is 2. The van der Waals surface area contributed by atoms with E-state index in [1.807, 2.05) is 36.5 Å². The number of rotatable bonds is 6. The van der Waals surface area contributed by atoms with Crippen LogP contribution in [0.15, 0.2) is 42.7 Å². The van der Waals surface area contributed by atoms with Gasteiger partial charge in [0.15, 0.2) is 0 Å². The van der Waals surface area contributed by atoms with Crippen LogP contribution in [0.25, 0.3) is 0 Å². The van der Waals surface area contributed by atoms with Crippen molar-refractivity contribution in [3.63, 3.8) is 0 Å². The standard InChI is InChI=1S/C16H20N2O2/c1-12(2)18-11-13-10-17-9-8-16(13)20-15-6-4-14(19-3)5-7-15/h4-10,12,18H,11H2,1-3H3. The molecule has 0 saturated carbocycles. The molecule has 0 amide bonds. The third-order valence-corrected chi connectivity index (χ3v) is 2.85. The summed E-state index contributed by atoms with van der Waals surface area (Å²) in [5.74, 6) is 2.41. The second kappa shape index (κ2) is 6.91. The first kappa shape index (κ1) is 14.3. The summed E-state index contributed by atoms with van der Waals surface area (Å²) in [7, 11) is 1.65. The molecule has 0 fully saturated rings. The fourth-order valence-corrected chi connectivity index (χ4v) is 1.73. The Hall–Kier alpha value is -2.07. The Morgan fingerprint density at radius 3 is 2.45 bits per heavy atom. The average Bonchev–Trinajstić information content (AvgIpc) is 2.47. The number of pyridine rings is 1. The van der Waals surface area contributed by atoms with Crippen molar-refractivity contribution < 1.29 is 9.47 Å². The summed E-state index contributed by atoms with van der Waals surface area (Å²) < 4.78 is 11.0. The number of hydrogen-bond donors (Lipinski definition) is 1.